The van der Waals surface area contributed by atoms with Crippen LogP contribution >= 0.6 is 0 Å². The largest absolute Gasteiger partial charge is 0.467 e. The Labute approximate surface area is 465 Å². The summed E-state index contributed by atoms with van der Waals surface area (Å²) in [5.41, 5.74) is 3.79. The molecule has 2 aliphatic heterocycles. The van der Waals surface area contributed by atoms with Gasteiger partial charge in [0.05, 0.1) is 32.4 Å². The van der Waals surface area contributed by atoms with Crippen LogP contribution in [-0.4, -0.2) is 147 Å². The predicted molar refractivity (Wildman–Crippen MR) is 294 cm³/mol. The zero-order valence-corrected chi connectivity index (χ0v) is 50.0. The number of fused-ring (bicyclic) bond motifs is 2. The topological polar surface area (TPSA) is 254 Å². The second-order valence-electron chi connectivity index (χ2n) is 28.3. The molecule has 2 saturated heterocycles. The molecule has 0 aromatic heterocycles. The summed E-state index contributed by atoms with van der Waals surface area (Å²) >= 11 is 0. The van der Waals surface area contributed by atoms with Crippen LogP contribution in [0.3, 0.4) is 0 Å². The lowest BCUT2D eigenvalue weighted by atomic mass is 9.70. The van der Waals surface area contributed by atoms with Gasteiger partial charge in [-0.2, -0.15) is 0 Å². The number of piperidine rings is 2. The number of carbonyl (C=O) groups is 8. The molecule has 0 aromatic rings. The summed E-state index contributed by atoms with van der Waals surface area (Å²) in [5.74, 6) is -3.06. The molecule has 7 fully saturated rings. The Morgan fingerprint density at radius 2 is 0.949 bits per heavy atom. The SMILES string of the molecule is COC[C@@H](NC(=O)N[C@H](C(=O)N1C[C@H]2[C@@H]([C@H]1C(=O)OC(CC1CCC1)C(=O)C(N)=O)C2(C)C)C1(C)CCCCC1)C(C)(C)C.COC[C@@H](NC(=O)N[C@H](C(=O)N1C[C@H]2[C@@H]([C@H]1C(=O)OC)C2(C)C)C1(C)CCCCC1)C(C)(C)C. The molecular weight excluding hydrogens is 999 g/mol. The summed E-state index contributed by atoms with van der Waals surface area (Å²) in [6.07, 6.45) is 11.2. The molecule has 0 bridgehead atoms. The van der Waals surface area contributed by atoms with Crippen molar-refractivity contribution in [3.8, 4) is 0 Å². The number of ether oxygens (including phenoxy) is 4. The molecule has 78 heavy (non-hydrogen) atoms. The van der Waals surface area contributed by atoms with Crippen LogP contribution in [0.5, 0.6) is 0 Å². The van der Waals surface area contributed by atoms with Crippen molar-refractivity contribution in [1.82, 2.24) is 31.1 Å². The van der Waals surface area contributed by atoms with Gasteiger partial charge >= 0.3 is 24.0 Å². The summed E-state index contributed by atoms with van der Waals surface area (Å²) in [5, 5.41) is 12.1. The fourth-order valence-electron chi connectivity index (χ4n) is 14.0. The summed E-state index contributed by atoms with van der Waals surface area (Å²) in [6, 6.07) is -4.40. The fraction of sp³-hybridized carbons (Fsp3) is 0.864. The summed E-state index contributed by atoms with van der Waals surface area (Å²) < 4.78 is 21.6. The van der Waals surface area contributed by atoms with Crippen LogP contribution in [0.4, 0.5) is 9.59 Å². The number of rotatable bonds is 19. The lowest BCUT2D eigenvalue weighted by Gasteiger charge is -2.43. The number of hydrogen-bond acceptors (Lipinski definition) is 12. The standard InChI is InChI=1S/C33H54N4O7.C26H45N3O5/c1-31(2,3)22(18-43-7)35-30(42)36-26(33(6)14-9-8-10-15-33)28(40)37-17-20-23(32(20,4)5)24(37)29(41)44-21(25(38)27(34)39)16-19-12-11-13-19;1-24(2,3)17(15-33-7)27-23(32)28-20(26(6)12-10-9-11-13-26)21(30)29-14-16-18(25(16,4)5)19(29)22(31)34-8/h19-24,26H,8-18H2,1-7H3,(H2,34,39)(H2,35,36,42);16-20H,9-15H2,1-8H3,(H2,27,28,32)/t20-,21?,22+,23-,24-,26+;16-,17+,18-,19-,20+/m00/s1. The number of methoxy groups -OCH3 is 3. The van der Waals surface area contributed by atoms with Crippen LogP contribution in [0.25, 0.3) is 0 Å². The van der Waals surface area contributed by atoms with Gasteiger partial charge in [0.2, 0.25) is 11.8 Å². The molecule has 7 aliphatic rings. The minimum Gasteiger partial charge on any atom is -0.467 e. The smallest absolute Gasteiger partial charge is 0.329 e. The van der Waals surface area contributed by atoms with E-state index in [2.05, 4.69) is 55.9 Å². The maximum atomic E-state index is 14.6. The molecule has 11 atom stereocenters. The highest BCUT2D eigenvalue weighted by atomic mass is 16.6. The molecule has 5 saturated carbocycles. The van der Waals surface area contributed by atoms with Gasteiger partial charge in [0.25, 0.3) is 11.7 Å². The van der Waals surface area contributed by atoms with Gasteiger partial charge < -0.3 is 55.7 Å². The minimum absolute atomic E-state index is 0.0186. The molecule has 19 nitrogen and oxygen atoms in total. The highest BCUT2D eigenvalue weighted by Crippen LogP contribution is 2.66. The van der Waals surface area contributed by atoms with E-state index in [1.54, 1.807) is 24.0 Å². The zero-order chi connectivity index (χ0) is 58.1. The first kappa shape index (κ1) is 62.7. The number of esters is 2. The number of nitrogens with one attached hydrogen (secondary N) is 4. The van der Waals surface area contributed by atoms with E-state index >= 15 is 0 Å². The molecule has 7 amide bonds. The number of carbonyl (C=O) groups excluding carboxylic acids is 8. The average molecular weight is 1100 g/mol. The molecule has 0 radical (unpaired) electrons. The van der Waals surface area contributed by atoms with Crippen molar-refractivity contribution < 1.29 is 57.3 Å². The number of ketones is 1. The van der Waals surface area contributed by atoms with Crippen molar-refractivity contribution in [1.29, 1.82) is 0 Å². The highest BCUT2D eigenvalue weighted by molar-refractivity contribution is 6.37. The Balaban J connectivity index is 0.000000261. The summed E-state index contributed by atoms with van der Waals surface area (Å²) in [4.78, 5) is 110. The van der Waals surface area contributed by atoms with Crippen molar-refractivity contribution >= 4 is 47.5 Å². The fourth-order valence-corrected chi connectivity index (χ4v) is 14.0. The van der Waals surface area contributed by atoms with Crippen LogP contribution in [0.2, 0.25) is 0 Å². The number of likely N-dealkylation sites (tertiary alicyclic amines) is 2. The third-order valence-electron chi connectivity index (χ3n) is 20.0. The van der Waals surface area contributed by atoms with Gasteiger partial charge in [0.1, 0.15) is 24.2 Å². The summed E-state index contributed by atoms with van der Waals surface area (Å²) in [6.45, 7) is 26.3. The number of urea groups is 2. The van der Waals surface area contributed by atoms with Crippen molar-refractivity contribution in [3.05, 3.63) is 0 Å². The molecule has 1 unspecified atom stereocenters. The van der Waals surface area contributed by atoms with Crippen LogP contribution < -0.4 is 27.0 Å². The van der Waals surface area contributed by atoms with Crippen molar-refractivity contribution in [2.45, 2.75) is 215 Å². The van der Waals surface area contributed by atoms with E-state index in [0.717, 1.165) is 83.5 Å². The van der Waals surface area contributed by atoms with Gasteiger partial charge in [-0.15, -0.1) is 0 Å². The zero-order valence-electron chi connectivity index (χ0n) is 50.0. The third kappa shape index (κ3) is 13.6. The van der Waals surface area contributed by atoms with Gasteiger partial charge in [-0.25, -0.2) is 19.2 Å². The van der Waals surface area contributed by atoms with Crippen molar-refractivity contribution in [3.63, 3.8) is 0 Å². The predicted octanol–water partition coefficient (Wildman–Crippen LogP) is 6.67. The van der Waals surface area contributed by atoms with E-state index in [1.807, 2.05) is 48.5 Å². The Morgan fingerprint density at radius 1 is 0.564 bits per heavy atom. The Hall–Kier alpha value is -4.52. The second-order valence-corrected chi connectivity index (χ2v) is 28.3. The number of primary amides is 1. The van der Waals surface area contributed by atoms with E-state index in [0.29, 0.717) is 26.3 Å². The Morgan fingerprint density at radius 3 is 1.27 bits per heavy atom. The van der Waals surface area contributed by atoms with E-state index in [4.69, 9.17) is 24.7 Å². The highest BCUT2D eigenvalue weighted by Gasteiger charge is 2.72. The van der Waals surface area contributed by atoms with Gasteiger partial charge in [0.15, 0.2) is 6.10 Å². The van der Waals surface area contributed by atoms with Crippen LogP contribution in [-0.2, 0) is 47.7 Å². The molecule has 442 valence electrons. The van der Waals surface area contributed by atoms with Crippen LogP contribution in [0.15, 0.2) is 0 Å². The maximum absolute atomic E-state index is 14.6. The van der Waals surface area contributed by atoms with Crippen LogP contribution in [0, 0.1) is 62.1 Å². The molecule has 0 aromatic carbocycles. The third-order valence-corrected chi connectivity index (χ3v) is 20.0. The molecule has 0 spiro atoms. The van der Waals surface area contributed by atoms with E-state index in [9.17, 15) is 38.4 Å². The second kappa shape index (κ2) is 24.3. The van der Waals surface area contributed by atoms with E-state index < -0.39 is 59.4 Å². The number of nitrogens with zero attached hydrogens (tertiary/aromatic N) is 2. The minimum atomic E-state index is -1.26. The normalized spacial score (nSPS) is 28.2. The number of amides is 7. The average Bonchev–Trinajstić information content (AvgIpc) is 3.39. The van der Waals surface area contributed by atoms with Crippen molar-refractivity contribution in [2.24, 2.45) is 67.8 Å². The number of nitrogens with two attached hydrogens (primary N) is 1. The number of hydrogen-bond donors (Lipinski definition) is 5. The molecule has 19 heteroatoms. The first-order chi connectivity index (χ1) is 36.3. The molecule has 2 heterocycles. The Bertz CT molecular complexity index is 2200. The van der Waals surface area contributed by atoms with Gasteiger partial charge in [0, 0.05) is 39.1 Å². The van der Waals surface area contributed by atoms with Crippen molar-refractivity contribution in [2.75, 3.05) is 47.6 Å². The monoisotopic (exact) mass is 1100 g/mol. The quantitative estimate of drug-likeness (QED) is 0.0672. The number of Topliss-reactive ketones (excluding diaryl/α,β-unsaturated/α-hetero) is 1. The summed E-state index contributed by atoms with van der Waals surface area (Å²) in [7, 11) is 4.57. The van der Waals surface area contributed by atoms with Gasteiger partial charge in [-0.05, 0) is 82.3 Å². The maximum Gasteiger partial charge on any atom is 0.329 e. The van der Waals surface area contributed by atoms with E-state index in [-0.39, 0.29) is 99.0 Å². The first-order valence-corrected chi connectivity index (χ1v) is 29.1. The lowest BCUT2D eigenvalue weighted by molar-refractivity contribution is -0.166. The van der Waals surface area contributed by atoms with Crippen LogP contribution in [0.1, 0.15) is 173 Å². The molecule has 7 rings (SSSR count). The molecular formula is C59H99N7O12. The van der Waals surface area contributed by atoms with Gasteiger partial charge in [-0.1, -0.05) is 141 Å². The first-order valence-electron chi connectivity index (χ1n) is 29.1. The lowest BCUT2D eigenvalue weighted by Crippen LogP contribution is -2.62. The van der Waals surface area contributed by atoms with E-state index in [1.165, 1.54) is 7.11 Å². The Kier molecular flexibility index (Phi) is 19.5. The molecule has 5 aliphatic carbocycles. The molecule has 6 N–H and O–H groups in total. The van der Waals surface area contributed by atoms with Gasteiger partial charge in [-0.3, -0.25) is 19.2 Å².